The fraction of sp³-hybridized carbons (Fsp3) is 0.231. The number of carboxylic acids is 1. The number of rotatable bonds is 3. The number of nitrogens with zero attached hydrogens (tertiary/aromatic N) is 1. The van der Waals surface area contributed by atoms with Crippen LogP contribution in [0, 0.1) is 5.92 Å². The molecule has 0 spiro atoms. The lowest BCUT2D eigenvalue weighted by Crippen LogP contribution is -2.12. The van der Waals surface area contributed by atoms with Crippen molar-refractivity contribution >= 4 is 16.7 Å². The van der Waals surface area contributed by atoms with Crippen molar-refractivity contribution in [3.05, 3.63) is 42.2 Å². The lowest BCUT2D eigenvalue weighted by Gasteiger charge is -2.07. The zero-order chi connectivity index (χ0) is 11.5. The number of hydrogen-bond donors (Lipinski definition) is 1. The second-order valence-corrected chi connectivity index (χ2v) is 4.00. The van der Waals surface area contributed by atoms with E-state index in [9.17, 15) is 4.79 Å². The number of carbonyl (C=O) groups is 1. The summed E-state index contributed by atoms with van der Waals surface area (Å²) in [5.41, 5.74) is 1.04. The molecule has 0 radical (unpaired) electrons. The Labute approximate surface area is 93.7 Å². The molecule has 0 aliphatic rings. The molecular weight excluding hydrogens is 202 g/mol. The zero-order valence-electron chi connectivity index (χ0n) is 9.05. The van der Waals surface area contributed by atoms with E-state index in [4.69, 9.17) is 5.11 Å². The van der Waals surface area contributed by atoms with Crippen LogP contribution in [0.2, 0.25) is 0 Å². The average molecular weight is 215 g/mol. The molecule has 1 unspecified atom stereocenters. The summed E-state index contributed by atoms with van der Waals surface area (Å²) < 4.78 is 0. The fourth-order valence-electron chi connectivity index (χ4n) is 1.70. The average Bonchev–Trinajstić information content (AvgIpc) is 2.28. The van der Waals surface area contributed by atoms with E-state index >= 15 is 0 Å². The van der Waals surface area contributed by atoms with Gasteiger partial charge in [-0.25, -0.2) is 0 Å². The lowest BCUT2D eigenvalue weighted by atomic mass is 9.99. The third-order valence-corrected chi connectivity index (χ3v) is 2.67. The number of carboxylic acid groups (broad SMARTS) is 1. The van der Waals surface area contributed by atoms with Crippen molar-refractivity contribution in [2.24, 2.45) is 5.92 Å². The Hall–Kier alpha value is -1.90. The molecule has 2 aromatic rings. The van der Waals surface area contributed by atoms with Crippen LogP contribution >= 0.6 is 0 Å². The molecule has 0 saturated carbocycles. The van der Waals surface area contributed by atoms with Gasteiger partial charge in [-0.05, 0) is 29.5 Å². The molecule has 0 aliphatic heterocycles. The Morgan fingerprint density at radius 3 is 2.94 bits per heavy atom. The maximum atomic E-state index is 10.8. The van der Waals surface area contributed by atoms with Crippen LogP contribution in [0.4, 0.5) is 0 Å². The number of hydrogen-bond acceptors (Lipinski definition) is 2. The van der Waals surface area contributed by atoms with Crippen LogP contribution in [-0.2, 0) is 11.2 Å². The van der Waals surface area contributed by atoms with Gasteiger partial charge in [-0.3, -0.25) is 9.78 Å². The van der Waals surface area contributed by atoms with E-state index in [0.717, 1.165) is 16.3 Å². The first kappa shape index (κ1) is 10.6. The molecule has 0 saturated heterocycles. The summed E-state index contributed by atoms with van der Waals surface area (Å²) >= 11 is 0. The van der Waals surface area contributed by atoms with Crippen molar-refractivity contribution in [3.8, 4) is 0 Å². The SMILES string of the molecule is CC(Cc1ccc2ccncc2c1)C(=O)O. The summed E-state index contributed by atoms with van der Waals surface area (Å²) in [6, 6.07) is 7.92. The normalized spacial score (nSPS) is 12.6. The van der Waals surface area contributed by atoms with Crippen molar-refractivity contribution in [1.82, 2.24) is 4.98 Å². The predicted octanol–water partition coefficient (Wildman–Crippen LogP) is 2.50. The third kappa shape index (κ3) is 2.19. The Bertz CT molecular complexity index is 522. The summed E-state index contributed by atoms with van der Waals surface area (Å²) in [7, 11) is 0. The van der Waals surface area contributed by atoms with Crippen LogP contribution in [0.1, 0.15) is 12.5 Å². The van der Waals surface area contributed by atoms with Gasteiger partial charge in [-0.1, -0.05) is 19.1 Å². The number of pyridine rings is 1. The van der Waals surface area contributed by atoms with Gasteiger partial charge in [0.1, 0.15) is 0 Å². The second kappa shape index (κ2) is 4.31. The molecule has 0 amide bonds. The Morgan fingerprint density at radius 2 is 2.19 bits per heavy atom. The van der Waals surface area contributed by atoms with Crippen LogP contribution in [0.3, 0.4) is 0 Å². The minimum Gasteiger partial charge on any atom is -0.481 e. The third-order valence-electron chi connectivity index (χ3n) is 2.67. The number of aromatic nitrogens is 1. The van der Waals surface area contributed by atoms with E-state index in [0.29, 0.717) is 6.42 Å². The lowest BCUT2D eigenvalue weighted by molar-refractivity contribution is -0.141. The van der Waals surface area contributed by atoms with Gasteiger partial charge in [0.25, 0.3) is 0 Å². The molecule has 1 N–H and O–H groups in total. The zero-order valence-corrected chi connectivity index (χ0v) is 9.05. The highest BCUT2D eigenvalue weighted by molar-refractivity contribution is 5.82. The minimum atomic E-state index is -0.758. The maximum absolute atomic E-state index is 10.8. The van der Waals surface area contributed by atoms with E-state index in [1.807, 2.05) is 24.3 Å². The van der Waals surface area contributed by atoms with Gasteiger partial charge in [0.2, 0.25) is 0 Å². The molecule has 3 nitrogen and oxygen atoms in total. The monoisotopic (exact) mass is 215 g/mol. The summed E-state index contributed by atoms with van der Waals surface area (Å²) in [5, 5.41) is 11.0. The summed E-state index contributed by atoms with van der Waals surface area (Å²) in [6.07, 6.45) is 4.10. The van der Waals surface area contributed by atoms with Gasteiger partial charge in [0, 0.05) is 17.8 Å². The van der Waals surface area contributed by atoms with E-state index in [1.165, 1.54) is 0 Å². The van der Waals surface area contributed by atoms with Crippen LogP contribution in [0.5, 0.6) is 0 Å². The standard InChI is InChI=1S/C13H13NO2/c1-9(13(15)16)6-10-2-3-11-4-5-14-8-12(11)7-10/h2-5,7-9H,6H2,1H3,(H,15,16). The first-order valence-corrected chi connectivity index (χ1v) is 5.22. The molecule has 16 heavy (non-hydrogen) atoms. The smallest absolute Gasteiger partial charge is 0.306 e. The summed E-state index contributed by atoms with van der Waals surface area (Å²) in [6.45, 7) is 1.72. The number of benzene rings is 1. The first-order valence-electron chi connectivity index (χ1n) is 5.22. The predicted molar refractivity (Wildman–Crippen MR) is 62.2 cm³/mol. The highest BCUT2D eigenvalue weighted by Crippen LogP contribution is 2.17. The van der Waals surface area contributed by atoms with Gasteiger partial charge >= 0.3 is 5.97 Å². The Balaban J connectivity index is 2.29. The van der Waals surface area contributed by atoms with Crippen LogP contribution in [0.15, 0.2) is 36.7 Å². The molecule has 1 atom stereocenters. The highest BCUT2D eigenvalue weighted by atomic mass is 16.4. The molecular formula is C13H13NO2. The molecule has 2 rings (SSSR count). The van der Waals surface area contributed by atoms with E-state index < -0.39 is 5.97 Å². The molecule has 1 aromatic carbocycles. The highest BCUT2D eigenvalue weighted by Gasteiger charge is 2.11. The molecule has 0 aliphatic carbocycles. The molecule has 0 fully saturated rings. The van der Waals surface area contributed by atoms with Gasteiger partial charge in [0.15, 0.2) is 0 Å². The van der Waals surface area contributed by atoms with E-state index in [-0.39, 0.29) is 5.92 Å². The second-order valence-electron chi connectivity index (χ2n) is 4.00. The van der Waals surface area contributed by atoms with Crippen molar-refractivity contribution < 1.29 is 9.90 Å². The number of aliphatic carboxylic acids is 1. The van der Waals surface area contributed by atoms with Gasteiger partial charge in [-0.2, -0.15) is 0 Å². The Kier molecular flexibility index (Phi) is 2.86. The quantitative estimate of drug-likeness (QED) is 0.855. The fourth-order valence-corrected chi connectivity index (χ4v) is 1.70. The largest absolute Gasteiger partial charge is 0.481 e. The molecule has 0 bridgehead atoms. The minimum absolute atomic E-state index is 0.353. The van der Waals surface area contributed by atoms with E-state index in [2.05, 4.69) is 4.98 Å². The first-order chi connectivity index (χ1) is 7.66. The van der Waals surface area contributed by atoms with Crippen molar-refractivity contribution in [2.75, 3.05) is 0 Å². The Morgan fingerprint density at radius 1 is 1.38 bits per heavy atom. The van der Waals surface area contributed by atoms with E-state index in [1.54, 1.807) is 19.3 Å². The molecule has 1 aromatic heterocycles. The van der Waals surface area contributed by atoms with Crippen molar-refractivity contribution in [3.63, 3.8) is 0 Å². The summed E-state index contributed by atoms with van der Waals surface area (Å²) in [5.74, 6) is -1.11. The van der Waals surface area contributed by atoms with Crippen LogP contribution < -0.4 is 0 Å². The molecule has 1 heterocycles. The maximum Gasteiger partial charge on any atom is 0.306 e. The number of fused-ring (bicyclic) bond motifs is 1. The van der Waals surface area contributed by atoms with Crippen molar-refractivity contribution in [1.29, 1.82) is 0 Å². The molecule has 3 heteroatoms. The van der Waals surface area contributed by atoms with Crippen molar-refractivity contribution in [2.45, 2.75) is 13.3 Å². The summed E-state index contributed by atoms with van der Waals surface area (Å²) in [4.78, 5) is 14.8. The van der Waals surface area contributed by atoms with Gasteiger partial charge in [0.05, 0.1) is 5.92 Å². The van der Waals surface area contributed by atoms with Gasteiger partial charge in [-0.15, -0.1) is 0 Å². The van der Waals surface area contributed by atoms with Crippen LogP contribution in [-0.4, -0.2) is 16.1 Å². The topological polar surface area (TPSA) is 50.2 Å². The van der Waals surface area contributed by atoms with Gasteiger partial charge < -0.3 is 5.11 Å². The molecule has 82 valence electrons. The van der Waals surface area contributed by atoms with Crippen LogP contribution in [0.25, 0.3) is 10.8 Å².